The predicted molar refractivity (Wildman–Crippen MR) is 103 cm³/mol. The Labute approximate surface area is 173 Å². The van der Waals surface area contributed by atoms with Crippen LogP contribution in [-0.2, 0) is 28.2 Å². The van der Waals surface area contributed by atoms with Gasteiger partial charge in [0.05, 0.1) is 12.2 Å². The molecule has 0 saturated heterocycles. The molecular formula is C16H30O12P2. The molecule has 0 aromatic carbocycles. The predicted octanol–water partition coefficient (Wildman–Crippen LogP) is 1.56. The Balaban J connectivity index is 0.000000300. The van der Waals surface area contributed by atoms with Crippen molar-refractivity contribution in [3.05, 3.63) is 0 Å². The summed E-state index contributed by atoms with van der Waals surface area (Å²) < 4.78 is 31.6. The monoisotopic (exact) mass is 476 g/mol. The van der Waals surface area contributed by atoms with E-state index in [9.17, 15) is 18.7 Å². The second-order valence-electron chi connectivity index (χ2n) is 7.91. The number of aliphatic carboxylic acids is 2. The summed E-state index contributed by atoms with van der Waals surface area (Å²) in [7, 11) is -9.45. The van der Waals surface area contributed by atoms with Crippen LogP contribution in [0.15, 0.2) is 0 Å². The quantitative estimate of drug-likeness (QED) is 0.276. The van der Waals surface area contributed by atoms with E-state index in [0.29, 0.717) is 37.5 Å². The fourth-order valence-corrected chi connectivity index (χ4v) is 4.72. The van der Waals surface area contributed by atoms with Gasteiger partial charge in [-0.05, 0) is 50.4 Å². The minimum absolute atomic E-state index is 0.353. The molecule has 6 atom stereocenters. The Morgan fingerprint density at radius 1 is 0.733 bits per heavy atom. The number of ether oxygens (including phenoxy) is 2. The van der Waals surface area contributed by atoms with E-state index in [1.54, 1.807) is 0 Å². The molecule has 0 heterocycles. The molecule has 2 saturated carbocycles. The SMILES string of the molecule is C[C@@H]1CC[C@H](OC(C(=O)O)P(=O)(O)O)C1.C[C@H]1CC[C@@H](OC(C(=O)O)P(=O)(O)O)C1. The molecule has 0 aromatic rings. The van der Waals surface area contributed by atoms with Crippen molar-refractivity contribution >= 4 is 27.1 Å². The number of hydrogen-bond acceptors (Lipinski definition) is 6. The highest BCUT2D eigenvalue weighted by molar-refractivity contribution is 7.53. The second kappa shape index (κ2) is 11.2. The van der Waals surface area contributed by atoms with Crippen LogP contribution in [0, 0.1) is 11.8 Å². The molecule has 0 bridgehead atoms. The molecule has 176 valence electrons. The second-order valence-corrected chi connectivity index (χ2v) is 11.2. The Bertz CT molecular complexity index is 628. The molecular weight excluding hydrogens is 446 g/mol. The Kier molecular flexibility index (Phi) is 10.1. The van der Waals surface area contributed by atoms with Gasteiger partial charge in [0.25, 0.3) is 11.7 Å². The molecule has 2 aliphatic carbocycles. The summed E-state index contributed by atoms with van der Waals surface area (Å²) in [5, 5.41) is 17.2. The van der Waals surface area contributed by atoms with Crippen LogP contribution in [0.3, 0.4) is 0 Å². The first-order chi connectivity index (χ1) is 13.6. The van der Waals surface area contributed by atoms with E-state index in [2.05, 4.69) is 0 Å². The standard InChI is InChI=1S/2C8H15O6P/c2*1-5-2-3-6(4-5)14-8(7(9)10)15(11,12)13/h2*5-6,8H,2-4H2,1H3,(H,9,10)(H2,11,12,13)/t2*5-,6+,8?/m10/s1. The summed E-state index contributed by atoms with van der Waals surface area (Å²) in [4.78, 5) is 56.3. The average molecular weight is 476 g/mol. The molecule has 0 aromatic heterocycles. The first kappa shape index (κ1) is 27.2. The van der Waals surface area contributed by atoms with Gasteiger partial charge >= 0.3 is 27.1 Å². The van der Waals surface area contributed by atoms with Gasteiger partial charge in [-0.15, -0.1) is 0 Å². The van der Waals surface area contributed by atoms with E-state index >= 15 is 0 Å². The van der Waals surface area contributed by atoms with Gasteiger partial charge in [0, 0.05) is 0 Å². The molecule has 30 heavy (non-hydrogen) atoms. The van der Waals surface area contributed by atoms with Gasteiger partial charge in [-0.1, -0.05) is 13.8 Å². The highest BCUT2D eigenvalue weighted by Crippen LogP contribution is 2.45. The maximum Gasteiger partial charge on any atom is 0.365 e. The van der Waals surface area contributed by atoms with Gasteiger partial charge in [0.2, 0.25) is 0 Å². The van der Waals surface area contributed by atoms with E-state index in [4.69, 9.17) is 39.3 Å². The third-order valence-electron chi connectivity index (χ3n) is 4.97. The minimum Gasteiger partial charge on any atom is -0.479 e. The summed E-state index contributed by atoms with van der Waals surface area (Å²) in [5.41, 5.74) is 0. The van der Waals surface area contributed by atoms with E-state index < -0.39 is 38.8 Å². The maximum atomic E-state index is 10.8. The molecule has 6 N–H and O–H groups in total. The lowest BCUT2D eigenvalue weighted by molar-refractivity contribution is -0.149. The van der Waals surface area contributed by atoms with E-state index in [1.165, 1.54) is 0 Å². The Morgan fingerprint density at radius 2 is 1.03 bits per heavy atom. The van der Waals surface area contributed by atoms with Gasteiger partial charge in [-0.2, -0.15) is 0 Å². The van der Waals surface area contributed by atoms with Crippen molar-refractivity contribution in [1.82, 2.24) is 0 Å². The van der Waals surface area contributed by atoms with Crippen LogP contribution >= 0.6 is 15.2 Å². The van der Waals surface area contributed by atoms with Crippen molar-refractivity contribution in [3.8, 4) is 0 Å². The highest BCUT2D eigenvalue weighted by Gasteiger charge is 2.41. The molecule has 0 amide bonds. The molecule has 2 fully saturated rings. The lowest BCUT2D eigenvalue weighted by atomic mass is 10.1. The molecule has 14 heteroatoms. The highest BCUT2D eigenvalue weighted by atomic mass is 31.2. The molecule has 2 unspecified atom stereocenters. The van der Waals surface area contributed by atoms with E-state index in [1.807, 2.05) is 13.8 Å². The number of rotatable bonds is 8. The van der Waals surface area contributed by atoms with Crippen molar-refractivity contribution in [3.63, 3.8) is 0 Å². The minimum atomic E-state index is -4.73. The number of carbonyl (C=O) groups is 2. The van der Waals surface area contributed by atoms with Crippen LogP contribution in [0.4, 0.5) is 0 Å². The van der Waals surface area contributed by atoms with Crippen molar-refractivity contribution in [2.24, 2.45) is 11.8 Å². The lowest BCUT2D eigenvalue weighted by Crippen LogP contribution is -2.28. The van der Waals surface area contributed by atoms with Crippen LogP contribution in [0.2, 0.25) is 0 Å². The first-order valence-corrected chi connectivity index (χ1v) is 12.8. The molecule has 0 radical (unpaired) electrons. The average Bonchev–Trinajstić information content (AvgIpc) is 3.16. The number of carboxylic acids is 2. The van der Waals surface area contributed by atoms with Crippen LogP contribution in [0.5, 0.6) is 0 Å². The van der Waals surface area contributed by atoms with Crippen molar-refractivity contribution in [1.29, 1.82) is 0 Å². The van der Waals surface area contributed by atoms with E-state index in [-0.39, 0.29) is 12.2 Å². The van der Waals surface area contributed by atoms with Crippen LogP contribution in [-0.4, -0.2) is 65.6 Å². The zero-order chi connectivity index (χ0) is 23.3. The molecule has 2 rings (SSSR count). The van der Waals surface area contributed by atoms with Crippen LogP contribution < -0.4 is 0 Å². The summed E-state index contributed by atoms with van der Waals surface area (Å²) in [6, 6.07) is 0. The Morgan fingerprint density at radius 3 is 1.20 bits per heavy atom. The third kappa shape index (κ3) is 9.11. The maximum absolute atomic E-state index is 10.8. The molecule has 12 nitrogen and oxygen atoms in total. The zero-order valence-electron chi connectivity index (χ0n) is 16.7. The number of carboxylic acid groups (broad SMARTS) is 2. The topological polar surface area (TPSA) is 208 Å². The fraction of sp³-hybridized carbons (Fsp3) is 0.875. The van der Waals surface area contributed by atoms with E-state index in [0.717, 1.165) is 12.8 Å². The number of hydrogen-bond donors (Lipinski definition) is 6. The third-order valence-corrected chi connectivity index (χ3v) is 6.88. The summed E-state index contributed by atoms with van der Waals surface area (Å²) in [6.07, 6.45) is 3.72. The fourth-order valence-electron chi connectivity index (χ4n) is 3.48. The lowest BCUT2D eigenvalue weighted by Gasteiger charge is -2.19. The first-order valence-electron chi connectivity index (χ1n) is 9.48. The zero-order valence-corrected chi connectivity index (χ0v) is 18.5. The van der Waals surface area contributed by atoms with Crippen molar-refractivity contribution in [2.75, 3.05) is 0 Å². The van der Waals surface area contributed by atoms with Gasteiger partial charge < -0.3 is 39.3 Å². The summed E-state index contributed by atoms with van der Waals surface area (Å²) in [5.74, 6) is -6.42. The smallest absolute Gasteiger partial charge is 0.365 e. The molecule has 2 aliphatic rings. The molecule has 0 aliphatic heterocycles. The van der Waals surface area contributed by atoms with Crippen LogP contribution in [0.1, 0.15) is 52.4 Å². The molecule has 0 spiro atoms. The van der Waals surface area contributed by atoms with Crippen molar-refractivity contribution in [2.45, 2.75) is 76.3 Å². The van der Waals surface area contributed by atoms with Gasteiger partial charge in [0.15, 0.2) is 0 Å². The van der Waals surface area contributed by atoms with Crippen molar-refractivity contribution < 1.29 is 58.0 Å². The van der Waals surface area contributed by atoms with Gasteiger partial charge in [-0.3, -0.25) is 9.13 Å². The van der Waals surface area contributed by atoms with Crippen LogP contribution in [0.25, 0.3) is 0 Å². The largest absolute Gasteiger partial charge is 0.479 e. The van der Waals surface area contributed by atoms with Gasteiger partial charge in [0.1, 0.15) is 0 Å². The van der Waals surface area contributed by atoms with Gasteiger partial charge in [-0.25, -0.2) is 9.59 Å². The summed E-state index contributed by atoms with van der Waals surface area (Å²) in [6.45, 7) is 3.99. The normalized spacial score (nSPS) is 29.0. The Hall–Kier alpha value is -0.840. The summed E-state index contributed by atoms with van der Waals surface area (Å²) >= 11 is 0.